The first kappa shape index (κ1) is 15.8. The molecule has 0 aliphatic rings. The molecule has 0 aliphatic carbocycles. The monoisotopic (exact) mass is 366 g/mol. The largest absolute Gasteiger partial charge is 0.329 e. The van der Waals surface area contributed by atoms with Crippen molar-refractivity contribution in [3.05, 3.63) is 65.2 Å². The highest BCUT2D eigenvalue weighted by molar-refractivity contribution is 9.10. The summed E-state index contributed by atoms with van der Waals surface area (Å²) < 4.78 is 5.24. The fourth-order valence-electron chi connectivity index (χ4n) is 2.17. The van der Waals surface area contributed by atoms with Crippen LogP contribution in [0.5, 0.6) is 0 Å². The van der Waals surface area contributed by atoms with E-state index in [2.05, 4.69) is 55.7 Å². The van der Waals surface area contributed by atoms with Gasteiger partial charge in [-0.15, -0.1) is 12.4 Å². The number of imidazole rings is 2. The molecular formula is C15H16BrClN4. The van der Waals surface area contributed by atoms with E-state index in [0.717, 1.165) is 34.6 Å². The van der Waals surface area contributed by atoms with Crippen LogP contribution < -0.4 is 0 Å². The molecule has 21 heavy (non-hydrogen) atoms. The van der Waals surface area contributed by atoms with Gasteiger partial charge in [0.2, 0.25) is 0 Å². The predicted octanol–water partition coefficient (Wildman–Crippen LogP) is 3.86. The SMILES string of the molecule is CCc1nccn1Cc1cn(-c2ccc(Br)cc2)cn1.Cl. The molecule has 6 heteroatoms. The van der Waals surface area contributed by atoms with Crippen LogP contribution in [0, 0.1) is 0 Å². The third kappa shape index (κ3) is 3.54. The second kappa shape index (κ2) is 6.91. The van der Waals surface area contributed by atoms with E-state index in [0.29, 0.717) is 0 Å². The minimum absolute atomic E-state index is 0. The summed E-state index contributed by atoms with van der Waals surface area (Å²) in [5.41, 5.74) is 2.13. The number of nitrogens with zero attached hydrogens (tertiary/aromatic N) is 4. The topological polar surface area (TPSA) is 35.6 Å². The molecule has 0 atom stereocenters. The van der Waals surface area contributed by atoms with Crippen molar-refractivity contribution in [1.29, 1.82) is 0 Å². The van der Waals surface area contributed by atoms with E-state index in [-0.39, 0.29) is 12.4 Å². The molecule has 2 heterocycles. The molecule has 0 saturated heterocycles. The number of hydrogen-bond donors (Lipinski definition) is 0. The number of rotatable bonds is 4. The van der Waals surface area contributed by atoms with Crippen LogP contribution in [0.25, 0.3) is 5.69 Å². The maximum absolute atomic E-state index is 4.47. The van der Waals surface area contributed by atoms with E-state index < -0.39 is 0 Å². The Bertz CT molecular complexity index is 703. The molecule has 0 spiro atoms. The lowest BCUT2D eigenvalue weighted by Crippen LogP contribution is -2.03. The van der Waals surface area contributed by atoms with Crippen molar-refractivity contribution < 1.29 is 0 Å². The quantitative estimate of drug-likeness (QED) is 0.702. The van der Waals surface area contributed by atoms with Crippen LogP contribution >= 0.6 is 28.3 Å². The Balaban J connectivity index is 0.00000161. The van der Waals surface area contributed by atoms with Gasteiger partial charge in [-0.1, -0.05) is 22.9 Å². The van der Waals surface area contributed by atoms with Crippen molar-refractivity contribution in [2.45, 2.75) is 19.9 Å². The summed E-state index contributed by atoms with van der Waals surface area (Å²) in [4.78, 5) is 8.80. The van der Waals surface area contributed by atoms with E-state index in [1.807, 2.05) is 35.4 Å². The van der Waals surface area contributed by atoms with Crippen LogP contribution in [0.15, 0.2) is 53.7 Å². The molecule has 3 rings (SSSR count). The molecule has 2 aromatic heterocycles. The molecule has 0 fully saturated rings. The standard InChI is InChI=1S/C15H15BrN4.ClH/c1-2-15-17-7-8-19(15)9-13-10-20(11-18-13)14-5-3-12(16)4-6-14;/h3-8,10-11H,2,9H2,1H3;1H. The highest BCUT2D eigenvalue weighted by Gasteiger charge is 2.05. The molecule has 4 nitrogen and oxygen atoms in total. The molecule has 1 aromatic carbocycles. The van der Waals surface area contributed by atoms with Crippen molar-refractivity contribution in [1.82, 2.24) is 19.1 Å². The van der Waals surface area contributed by atoms with Gasteiger partial charge in [0.1, 0.15) is 5.82 Å². The molecule has 0 saturated carbocycles. The van der Waals surface area contributed by atoms with Crippen molar-refractivity contribution in [3.63, 3.8) is 0 Å². The van der Waals surface area contributed by atoms with Crippen molar-refractivity contribution in [2.24, 2.45) is 0 Å². The lowest BCUT2D eigenvalue weighted by molar-refractivity contribution is 0.719. The highest BCUT2D eigenvalue weighted by atomic mass is 79.9. The number of aromatic nitrogens is 4. The van der Waals surface area contributed by atoms with Crippen LogP contribution in [0.4, 0.5) is 0 Å². The van der Waals surface area contributed by atoms with Gasteiger partial charge in [-0.3, -0.25) is 0 Å². The van der Waals surface area contributed by atoms with E-state index in [9.17, 15) is 0 Å². The first-order chi connectivity index (χ1) is 9.76. The first-order valence-corrected chi connectivity index (χ1v) is 7.34. The average Bonchev–Trinajstić information content (AvgIpc) is 3.09. The Morgan fingerprint density at radius 2 is 1.90 bits per heavy atom. The maximum atomic E-state index is 4.47. The Kier molecular flexibility index (Phi) is 5.20. The Hall–Kier alpha value is -1.59. The third-order valence-electron chi connectivity index (χ3n) is 3.21. The van der Waals surface area contributed by atoms with Gasteiger partial charge in [0, 0.05) is 35.2 Å². The van der Waals surface area contributed by atoms with E-state index in [4.69, 9.17) is 0 Å². The van der Waals surface area contributed by atoms with Gasteiger partial charge >= 0.3 is 0 Å². The zero-order chi connectivity index (χ0) is 13.9. The lowest BCUT2D eigenvalue weighted by Gasteiger charge is -2.04. The Labute approximate surface area is 138 Å². The van der Waals surface area contributed by atoms with Crippen LogP contribution in [-0.2, 0) is 13.0 Å². The second-order valence-electron chi connectivity index (χ2n) is 4.57. The maximum Gasteiger partial charge on any atom is 0.108 e. The lowest BCUT2D eigenvalue weighted by atomic mass is 10.3. The number of halogens is 2. The average molecular weight is 368 g/mol. The summed E-state index contributed by atoms with van der Waals surface area (Å²) in [6, 6.07) is 8.18. The molecule has 0 aliphatic heterocycles. The summed E-state index contributed by atoms with van der Waals surface area (Å²) in [7, 11) is 0. The zero-order valence-electron chi connectivity index (χ0n) is 11.6. The van der Waals surface area contributed by atoms with Crippen molar-refractivity contribution in [3.8, 4) is 5.69 Å². The molecular weight excluding hydrogens is 352 g/mol. The Morgan fingerprint density at radius 1 is 1.14 bits per heavy atom. The van der Waals surface area contributed by atoms with Crippen molar-refractivity contribution in [2.75, 3.05) is 0 Å². The summed E-state index contributed by atoms with van der Waals surface area (Å²) >= 11 is 3.44. The number of benzene rings is 1. The van der Waals surface area contributed by atoms with Gasteiger partial charge in [0.15, 0.2) is 0 Å². The third-order valence-corrected chi connectivity index (χ3v) is 3.74. The molecule has 0 bridgehead atoms. The Morgan fingerprint density at radius 3 is 2.62 bits per heavy atom. The van der Waals surface area contributed by atoms with Gasteiger partial charge in [-0.25, -0.2) is 9.97 Å². The fraction of sp³-hybridized carbons (Fsp3) is 0.200. The van der Waals surface area contributed by atoms with E-state index >= 15 is 0 Å². The highest BCUT2D eigenvalue weighted by Crippen LogP contribution is 2.15. The summed E-state index contributed by atoms with van der Waals surface area (Å²) in [6.45, 7) is 2.87. The fourth-order valence-corrected chi connectivity index (χ4v) is 2.44. The molecule has 110 valence electrons. The van der Waals surface area contributed by atoms with Gasteiger partial charge in [-0.2, -0.15) is 0 Å². The zero-order valence-corrected chi connectivity index (χ0v) is 14.0. The van der Waals surface area contributed by atoms with Crippen LogP contribution in [0.1, 0.15) is 18.4 Å². The molecule has 0 radical (unpaired) electrons. The van der Waals surface area contributed by atoms with E-state index in [1.165, 1.54) is 0 Å². The molecule has 0 unspecified atom stereocenters. The van der Waals surface area contributed by atoms with Crippen LogP contribution in [-0.4, -0.2) is 19.1 Å². The van der Waals surface area contributed by atoms with Gasteiger partial charge in [0.25, 0.3) is 0 Å². The minimum Gasteiger partial charge on any atom is -0.329 e. The van der Waals surface area contributed by atoms with Gasteiger partial charge in [-0.05, 0) is 24.3 Å². The van der Waals surface area contributed by atoms with Crippen molar-refractivity contribution >= 4 is 28.3 Å². The van der Waals surface area contributed by atoms with Crippen LogP contribution in [0.3, 0.4) is 0 Å². The van der Waals surface area contributed by atoms with E-state index in [1.54, 1.807) is 0 Å². The molecule has 0 N–H and O–H groups in total. The summed E-state index contributed by atoms with van der Waals surface area (Å²) in [5, 5.41) is 0. The number of aryl methyl sites for hydroxylation is 1. The summed E-state index contributed by atoms with van der Waals surface area (Å²) in [5.74, 6) is 1.09. The first-order valence-electron chi connectivity index (χ1n) is 6.55. The van der Waals surface area contributed by atoms with Gasteiger partial charge < -0.3 is 9.13 Å². The second-order valence-corrected chi connectivity index (χ2v) is 5.49. The van der Waals surface area contributed by atoms with Gasteiger partial charge in [0.05, 0.1) is 18.6 Å². The smallest absolute Gasteiger partial charge is 0.108 e. The minimum atomic E-state index is 0. The molecule has 3 aromatic rings. The predicted molar refractivity (Wildman–Crippen MR) is 89.2 cm³/mol. The molecule has 0 amide bonds. The number of hydrogen-bond acceptors (Lipinski definition) is 2. The van der Waals surface area contributed by atoms with Crippen LogP contribution in [0.2, 0.25) is 0 Å². The normalized spacial score (nSPS) is 10.4. The summed E-state index contributed by atoms with van der Waals surface area (Å²) in [6.07, 6.45) is 8.67.